The van der Waals surface area contributed by atoms with E-state index in [-0.39, 0.29) is 5.69 Å². The van der Waals surface area contributed by atoms with Gasteiger partial charge in [-0.2, -0.15) is 13.2 Å². The fourth-order valence-electron chi connectivity index (χ4n) is 1.98. The first-order chi connectivity index (χ1) is 7.88. The zero-order valence-corrected chi connectivity index (χ0v) is 9.04. The van der Waals surface area contributed by atoms with Crippen LogP contribution in [-0.2, 0) is 6.18 Å². The van der Waals surface area contributed by atoms with Gasteiger partial charge in [0.2, 0.25) is 0 Å². The van der Waals surface area contributed by atoms with Crippen LogP contribution in [0, 0.1) is 0 Å². The first-order valence-electron chi connectivity index (χ1n) is 5.27. The Labute approximate surface area is 96.6 Å². The van der Waals surface area contributed by atoms with E-state index in [9.17, 15) is 18.3 Å². The first-order valence-corrected chi connectivity index (χ1v) is 5.27. The summed E-state index contributed by atoms with van der Waals surface area (Å²) in [6.45, 7) is 1.02. The lowest BCUT2D eigenvalue weighted by molar-refractivity contribution is -0.137. The highest BCUT2D eigenvalue weighted by Gasteiger charge is 2.31. The van der Waals surface area contributed by atoms with Crippen molar-refractivity contribution in [3.05, 3.63) is 23.8 Å². The Morgan fingerprint density at radius 3 is 2.53 bits per heavy atom. The Morgan fingerprint density at radius 1 is 1.35 bits per heavy atom. The number of aliphatic hydroxyl groups is 1. The van der Waals surface area contributed by atoms with Gasteiger partial charge in [-0.1, -0.05) is 0 Å². The lowest BCUT2D eigenvalue weighted by Crippen LogP contribution is -2.22. The van der Waals surface area contributed by atoms with E-state index >= 15 is 0 Å². The van der Waals surface area contributed by atoms with Gasteiger partial charge in [0.25, 0.3) is 0 Å². The van der Waals surface area contributed by atoms with Gasteiger partial charge in [0.1, 0.15) is 0 Å². The SMILES string of the molecule is Nc1cc(C(F)(F)F)ccc1N1CC[C@@H](O)C1. The molecule has 17 heavy (non-hydrogen) atoms. The molecule has 2 rings (SSSR count). The molecule has 1 fully saturated rings. The van der Waals surface area contributed by atoms with Crippen LogP contribution in [0.1, 0.15) is 12.0 Å². The molecule has 1 aliphatic rings. The lowest BCUT2D eigenvalue weighted by atomic mass is 10.1. The molecule has 1 heterocycles. The number of hydrogen-bond donors (Lipinski definition) is 2. The Morgan fingerprint density at radius 2 is 2.06 bits per heavy atom. The topological polar surface area (TPSA) is 49.5 Å². The van der Waals surface area contributed by atoms with Crippen molar-refractivity contribution in [3.63, 3.8) is 0 Å². The van der Waals surface area contributed by atoms with E-state index in [0.717, 1.165) is 12.1 Å². The number of rotatable bonds is 1. The van der Waals surface area contributed by atoms with Gasteiger partial charge in [-0.15, -0.1) is 0 Å². The summed E-state index contributed by atoms with van der Waals surface area (Å²) in [4.78, 5) is 1.79. The molecule has 1 aromatic carbocycles. The zero-order valence-electron chi connectivity index (χ0n) is 9.04. The van der Waals surface area contributed by atoms with Gasteiger partial charge in [-0.05, 0) is 24.6 Å². The van der Waals surface area contributed by atoms with Gasteiger partial charge in [0.15, 0.2) is 0 Å². The van der Waals surface area contributed by atoms with Gasteiger partial charge in [-0.25, -0.2) is 0 Å². The van der Waals surface area contributed by atoms with Gasteiger partial charge in [0, 0.05) is 13.1 Å². The smallest absolute Gasteiger partial charge is 0.397 e. The normalized spacial score (nSPS) is 20.9. The third-order valence-electron chi connectivity index (χ3n) is 2.86. The van der Waals surface area contributed by atoms with Crippen molar-refractivity contribution >= 4 is 11.4 Å². The fourth-order valence-corrected chi connectivity index (χ4v) is 1.98. The van der Waals surface area contributed by atoms with Crippen LogP contribution in [0.3, 0.4) is 0 Å². The molecule has 0 spiro atoms. The summed E-state index contributed by atoms with van der Waals surface area (Å²) in [5.74, 6) is 0. The van der Waals surface area contributed by atoms with E-state index in [1.807, 2.05) is 0 Å². The second kappa shape index (κ2) is 4.10. The maximum absolute atomic E-state index is 12.4. The second-order valence-corrected chi connectivity index (χ2v) is 4.16. The van der Waals surface area contributed by atoms with E-state index in [1.165, 1.54) is 6.07 Å². The van der Waals surface area contributed by atoms with E-state index in [4.69, 9.17) is 5.73 Å². The molecule has 6 heteroatoms. The third-order valence-corrected chi connectivity index (χ3v) is 2.86. The maximum atomic E-state index is 12.4. The van der Waals surface area contributed by atoms with Crippen molar-refractivity contribution in [1.82, 2.24) is 0 Å². The van der Waals surface area contributed by atoms with Crippen LogP contribution in [0.25, 0.3) is 0 Å². The largest absolute Gasteiger partial charge is 0.416 e. The van der Waals surface area contributed by atoms with E-state index in [2.05, 4.69) is 0 Å². The molecular formula is C11H13F3N2O. The Hall–Kier alpha value is -1.43. The summed E-state index contributed by atoms with van der Waals surface area (Å²) in [6.07, 6.45) is -4.20. The molecule has 0 saturated carbocycles. The summed E-state index contributed by atoms with van der Waals surface area (Å²) < 4.78 is 37.3. The molecule has 1 aliphatic heterocycles. The Bertz CT molecular complexity index is 420. The minimum absolute atomic E-state index is 0.0916. The van der Waals surface area contributed by atoms with Crippen molar-refractivity contribution in [3.8, 4) is 0 Å². The Kier molecular flexibility index (Phi) is 2.91. The predicted molar refractivity (Wildman–Crippen MR) is 58.7 cm³/mol. The average molecular weight is 246 g/mol. The van der Waals surface area contributed by atoms with Crippen molar-refractivity contribution < 1.29 is 18.3 Å². The molecule has 0 aromatic heterocycles. The van der Waals surface area contributed by atoms with Gasteiger partial charge >= 0.3 is 6.18 Å². The zero-order chi connectivity index (χ0) is 12.6. The summed E-state index contributed by atoms with van der Waals surface area (Å²) in [5.41, 5.74) is 5.51. The quantitative estimate of drug-likeness (QED) is 0.743. The minimum atomic E-state index is -4.38. The monoisotopic (exact) mass is 246 g/mol. The van der Waals surface area contributed by atoms with E-state index < -0.39 is 17.8 Å². The van der Waals surface area contributed by atoms with Gasteiger partial charge < -0.3 is 15.7 Å². The van der Waals surface area contributed by atoms with E-state index in [0.29, 0.717) is 25.2 Å². The average Bonchev–Trinajstić information content (AvgIpc) is 2.63. The van der Waals surface area contributed by atoms with E-state index in [1.54, 1.807) is 4.90 Å². The first kappa shape index (κ1) is 12.0. The molecule has 0 radical (unpaired) electrons. The number of nitrogens with zero attached hydrogens (tertiary/aromatic N) is 1. The number of halogens is 3. The highest BCUT2D eigenvalue weighted by Crippen LogP contribution is 2.34. The van der Waals surface area contributed by atoms with Crippen LogP contribution < -0.4 is 10.6 Å². The van der Waals surface area contributed by atoms with Gasteiger partial charge in [0.05, 0.1) is 23.0 Å². The van der Waals surface area contributed by atoms with Crippen molar-refractivity contribution in [2.45, 2.75) is 18.7 Å². The number of β-amino-alcohol motifs (C(OH)–C–C–N with tert-alkyl or cyclic N) is 1. The summed E-state index contributed by atoms with van der Waals surface area (Å²) in [5, 5.41) is 9.37. The molecule has 0 aliphatic carbocycles. The number of hydrogen-bond acceptors (Lipinski definition) is 3. The lowest BCUT2D eigenvalue weighted by Gasteiger charge is -2.20. The standard InChI is InChI=1S/C11H13F3N2O/c12-11(13,14)7-1-2-10(9(15)5-7)16-4-3-8(17)6-16/h1-2,5,8,17H,3-4,6,15H2/t8-/m1/s1. The maximum Gasteiger partial charge on any atom is 0.416 e. The molecule has 3 N–H and O–H groups in total. The van der Waals surface area contributed by atoms with Crippen LogP contribution in [0.5, 0.6) is 0 Å². The molecular weight excluding hydrogens is 233 g/mol. The molecule has 1 atom stereocenters. The predicted octanol–water partition coefficient (Wildman–Crippen LogP) is 1.86. The van der Waals surface area contributed by atoms with Crippen molar-refractivity contribution in [1.29, 1.82) is 0 Å². The number of aliphatic hydroxyl groups excluding tert-OH is 1. The van der Waals surface area contributed by atoms with Crippen molar-refractivity contribution in [2.75, 3.05) is 23.7 Å². The summed E-state index contributed by atoms with van der Waals surface area (Å²) >= 11 is 0. The Balaban J connectivity index is 2.26. The second-order valence-electron chi connectivity index (χ2n) is 4.16. The summed E-state index contributed by atoms with van der Waals surface area (Å²) in [7, 11) is 0. The third kappa shape index (κ3) is 2.46. The number of anilines is 2. The molecule has 0 bridgehead atoms. The minimum Gasteiger partial charge on any atom is -0.397 e. The molecule has 1 aromatic rings. The number of nitrogen functional groups attached to an aromatic ring is 1. The molecule has 94 valence electrons. The summed E-state index contributed by atoms with van der Waals surface area (Å²) in [6, 6.07) is 3.30. The van der Waals surface area contributed by atoms with Crippen LogP contribution in [0.4, 0.5) is 24.5 Å². The molecule has 0 unspecified atom stereocenters. The molecule has 1 saturated heterocycles. The number of benzene rings is 1. The fraction of sp³-hybridized carbons (Fsp3) is 0.455. The van der Waals surface area contributed by atoms with Crippen LogP contribution in [0.2, 0.25) is 0 Å². The highest BCUT2D eigenvalue weighted by molar-refractivity contribution is 5.69. The van der Waals surface area contributed by atoms with Crippen LogP contribution in [0.15, 0.2) is 18.2 Å². The highest BCUT2D eigenvalue weighted by atomic mass is 19.4. The number of alkyl halides is 3. The van der Waals surface area contributed by atoms with Crippen molar-refractivity contribution in [2.24, 2.45) is 0 Å². The number of nitrogens with two attached hydrogens (primary N) is 1. The van der Waals surface area contributed by atoms with Crippen LogP contribution in [-0.4, -0.2) is 24.3 Å². The van der Waals surface area contributed by atoms with Gasteiger partial charge in [-0.3, -0.25) is 0 Å². The van der Waals surface area contributed by atoms with Crippen LogP contribution >= 0.6 is 0 Å². The molecule has 0 amide bonds. The molecule has 3 nitrogen and oxygen atoms in total.